The van der Waals surface area contributed by atoms with Gasteiger partial charge in [-0.15, -0.1) is 0 Å². The Kier molecular flexibility index (Phi) is 3.79. The predicted molar refractivity (Wildman–Crippen MR) is 81.6 cm³/mol. The fourth-order valence-corrected chi connectivity index (χ4v) is 3.25. The third-order valence-electron chi connectivity index (χ3n) is 4.26. The maximum Gasteiger partial charge on any atom is 0.0372 e. The van der Waals surface area contributed by atoms with Gasteiger partial charge in [-0.1, -0.05) is 32.0 Å². The zero-order valence-corrected chi connectivity index (χ0v) is 12.2. The molecule has 1 N–H and O–H groups in total. The van der Waals surface area contributed by atoms with Crippen molar-refractivity contribution in [2.75, 3.05) is 25.0 Å². The summed E-state index contributed by atoms with van der Waals surface area (Å²) in [4.78, 5) is 2.74. The van der Waals surface area contributed by atoms with Gasteiger partial charge in [0.25, 0.3) is 0 Å². The molecule has 3 rings (SSSR count). The first-order chi connectivity index (χ1) is 9.22. The number of hydrogen-bond acceptors (Lipinski definition) is 2. The van der Waals surface area contributed by atoms with Gasteiger partial charge < -0.3 is 5.32 Å². The van der Waals surface area contributed by atoms with Crippen molar-refractivity contribution < 1.29 is 0 Å². The van der Waals surface area contributed by atoms with E-state index in [2.05, 4.69) is 48.3 Å². The zero-order chi connectivity index (χ0) is 13.2. The molecule has 2 heteroatoms. The van der Waals surface area contributed by atoms with Crippen LogP contribution >= 0.6 is 0 Å². The van der Waals surface area contributed by atoms with Gasteiger partial charge in [0.1, 0.15) is 0 Å². The Morgan fingerprint density at radius 2 is 2.05 bits per heavy atom. The molecule has 0 aromatic heterocycles. The SMILES string of the molecule is CC(C)CN(CC1CNc2ccccc2C1)C1CC1. The summed E-state index contributed by atoms with van der Waals surface area (Å²) < 4.78 is 0. The summed E-state index contributed by atoms with van der Waals surface area (Å²) in [6.45, 7) is 8.35. The third-order valence-corrected chi connectivity index (χ3v) is 4.26. The Bertz CT molecular complexity index is 423. The quantitative estimate of drug-likeness (QED) is 0.871. The summed E-state index contributed by atoms with van der Waals surface area (Å²) in [6, 6.07) is 9.66. The Labute approximate surface area is 117 Å². The number of hydrogen-bond donors (Lipinski definition) is 1. The molecule has 104 valence electrons. The Hall–Kier alpha value is -1.02. The topological polar surface area (TPSA) is 15.3 Å². The van der Waals surface area contributed by atoms with Crippen LogP contribution in [0.5, 0.6) is 0 Å². The molecule has 0 bridgehead atoms. The molecule has 1 unspecified atom stereocenters. The monoisotopic (exact) mass is 258 g/mol. The van der Waals surface area contributed by atoms with Gasteiger partial charge in [0.05, 0.1) is 0 Å². The minimum atomic E-state index is 0.772. The van der Waals surface area contributed by atoms with Crippen molar-refractivity contribution in [2.24, 2.45) is 11.8 Å². The normalized spacial score (nSPS) is 22.4. The second kappa shape index (κ2) is 5.54. The third kappa shape index (κ3) is 3.30. The minimum Gasteiger partial charge on any atom is -0.384 e. The molecule has 2 aliphatic rings. The smallest absolute Gasteiger partial charge is 0.0372 e. The minimum absolute atomic E-state index is 0.772. The van der Waals surface area contributed by atoms with E-state index in [0.29, 0.717) is 0 Å². The molecule has 0 spiro atoms. The van der Waals surface area contributed by atoms with Crippen LogP contribution < -0.4 is 5.32 Å². The van der Waals surface area contributed by atoms with Crippen molar-refractivity contribution in [3.8, 4) is 0 Å². The van der Waals surface area contributed by atoms with Gasteiger partial charge in [0, 0.05) is 31.4 Å². The Balaban J connectivity index is 1.61. The highest BCUT2D eigenvalue weighted by molar-refractivity contribution is 5.53. The fraction of sp³-hybridized carbons (Fsp3) is 0.647. The highest BCUT2D eigenvalue weighted by Crippen LogP contribution is 2.30. The lowest BCUT2D eigenvalue weighted by molar-refractivity contribution is 0.200. The van der Waals surface area contributed by atoms with E-state index in [1.165, 1.54) is 43.6 Å². The van der Waals surface area contributed by atoms with Gasteiger partial charge in [-0.25, -0.2) is 0 Å². The molecule has 0 saturated heterocycles. The summed E-state index contributed by atoms with van der Waals surface area (Å²) in [5, 5.41) is 3.60. The lowest BCUT2D eigenvalue weighted by Gasteiger charge is -2.32. The maximum atomic E-state index is 3.60. The standard InChI is InChI=1S/C17H26N2/c1-13(2)11-19(16-7-8-16)12-14-9-15-5-3-4-6-17(15)18-10-14/h3-6,13-14,16,18H,7-12H2,1-2H3. The summed E-state index contributed by atoms with van der Waals surface area (Å²) in [6.07, 6.45) is 4.08. The lowest BCUT2D eigenvalue weighted by atomic mass is 9.93. The van der Waals surface area contributed by atoms with E-state index >= 15 is 0 Å². The molecule has 0 amide bonds. The van der Waals surface area contributed by atoms with Crippen LogP contribution in [0.1, 0.15) is 32.3 Å². The van der Waals surface area contributed by atoms with Crippen LogP contribution in [-0.2, 0) is 6.42 Å². The van der Waals surface area contributed by atoms with Gasteiger partial charge >= 0.3 is 0 Å². The van der Waals surface area contributed by atoms with Crippen molar-refractivity contribution in [1.82, 2.24) is 4.90 Å². The summed E-state index contributed by atoms with van der Waals surface area (Å²) >= 11 is 0. The number of rotatable bonds is 5. The number of fused-ring (bicyclic) bond motifs is 1. The molecule has 1 aliphatic heterocycles. The van der Waals surface area contributed by atoms with E-state index in [9.17, 15) is 0 Å². The molecule has 1 heterocycles. The highest BCUT2D eigenvalue weighted by atomic mass is 15.2. The van der Waals surface area contributed by atoms with E-state index in [0.717, 1.165) is 24.4 Å². The van der Waals surface area contributed by atoms with Crippen LogP contribution in [0.2, 0.25) is 0 Å². The number of para-hydroxylation sites is 1. The van der Waals surface area contributed by atoms with Crippen molar-refractivity contribution in [3.05, 3.63) is 29.8 Å². The van der Waals surface area contributed by atoms with Gasteiger partial charge in [-0.05, 0) is 42.7 Å². The van der Waals surface area contributed by atoms with Crippen molar-refractivity contribution in [2.45, 2.75) is 39.2 Å². The van der Waals surface area contributed by atoms with Gasteiger partial charge in [-0.3, -0.25) is 4.90 Å². The van der Waals surface area contributed by atoms with E-state index < -0.39 is 0 Å². The maximum absolute atomic E-state index is 3.60. The van der Waals surface area contributed by atoms with Gasteiger partial charge in [-0.2, -0.15) is 0 Å². The van der Waals surface area contributed by atoms with Crippen molar-refractivity contribution >= 4 is 5.69 Å². The lowest BCUT2D eigenvalue weighted by Crippen LogP contribution is -2.39. The van der Waals surface area contributed by atoms with E-state index in [1.807, 2.05) is 0 Å². The van der Waals surface area contributed by atoms with E-state index in [1.54, 1.807) is 0 Å². The number of nitrogens with one attached hydrogen (secondary N) is 1. The largest absolute Gasteiger partial charge is 0.384 e. The average Bonchev–Trinajstić information content (AvgIpc) is 3.21. The first-order valence-electron chi connectivity index (χ1n) is 7.78. The van der Waals surface area contributed by atoms with E-state index in [4.69, 9.17) is 0 Å². The fourth-order valence-electron chi connectivity index (χ4n) is 3.25. The Morgan fingerprint density at radius 1 is 1.26 bits per heavy atom. The van der Waals surface area contributed by atoms with Gasteiger partial charge in [0.2, 0.25) is 0 Å². The van der Waals surface area contributed by atoms with Crippen LogP contribution in [0.3, 0.4) is 0 Å². The highest BCUT2D eigenvalue weighted by Gasteiger charge is 2.31. The predicted octanol–water partition coefficient (Wildman–Crippen LogP) is 3.39. The molecule has 0 radical (unpaired) electrons. The molecular weight excluding hydrogens is 232 g/mol. The van der Waals surface area contributed by atoms with Crippen LogP contribution in [0.15, 0.2) is 24.3 Å². The van der Waals surface area contributed by atoms with Crippen LogP contribution in [-0.4, -0.2) is 30.6 Å². The molecule has 1 saturated carbocycles. The molecule has 2 nitrogen and oxygen atoms in total. The zero-order valence-electron chi connectivity index (χ0n) is 12.2. The second-order valence-electron chi connectivity index (χ2n) is 6.69. The summed E-state index contributed by atoms with van der Waals surface area (Å²) in [5.74, 6) is 1.55. The molecule has 1 fully saturated rings. The number of nitrogens with zero attached hydrogens (tertiary/aromatic N) is 1. The molecule has 1 aromatic rings. The average molecular weight is 258 g/mol. The number of anilines is 1. The summed E-state index contributed by atoms with van der Waals surface area (Å²) in [7, 11) is 0. The van der Waals surface area contributed by atoms with Gasteiger partial charge in [0.15, 0.2) is 0 Å². The van der Waals surface area contributed by atoms with Crippen molar-refractivity contribution in [1.29, 1.82) is 0 Å². The van der Waals surface area contributed by atoms with Crippen LogP contribution in [0.25, 0.3) is 0 Å². The molecule has 1 aromatic carbocycles. The second-order valence-corrected chi connectivity index (χ2v) is 6.69. The first kappa shape index (κ1) is 13.0. The Morgan fingerprint density at radius 3 is 2.79 bits per heavy atom. The van der Waals surface area contributed by atoms with Crippen LogP contribution in [0.4, 0.5) is 5.69 Å². The molecule has 1 atom stereocenters. The molecular formula is C17H26N2. The van der Waals surface area contributed by atoms with E-state index in [-0.39, 0.29) is 0 Å². The number of benzene rings is 1. The van der Waals surface area contributed by atoms with Crippen LogP contribution in [0, 0.1) is 11.8 Å². The molecule has 19 heavy (non-hydrogen) atoms. The van der Waals surface area contributed by atoms with Crippen molar-refractivity contribution in [3.63, 3.8) is 0 Å². The first-order valence-corrected chi connectivity index (χ1v) is 7.78. The molecule has 1 aliphatic carbocycles. The summed E-state index contributed by atoms with van der Waals surface area (Å²) in [5.41, 5.74) is 2.85.